The summed E-state index contributed by atoms with van der Waals surface area (Å²) in [5.41, 5.74) is 1.88. The Kier molecular flexibility index (Phi) is 3.57. The lowest BCUT2D eigenvalue weighted by Crippen LogP contribution is -2.12. The van der Waals surface area contributed by atoms with Gasteiger partial charge in [-0.05, 0) is 25.1 Å². The number of carboxylic acids is 1. The number of carboxylic acid groups (broad SMARTS) is 1. The fourth-order valence-corrected chi connectivity index (χ4v) is 2.17. The molecular formula is C12H9FN2O3S. The van der Waals surface area contributed by atoms with Gasteiger partial charge in [-0.3, -0.25) is 4.79 Å². The molecule has 0 aliphatic rings. The zero-order valence-corrected chi connectivity index (χ0v) is 10.6. The molecule has 7 heteroatoms. The van der Waals surface area contributed by atoms with Crippen molar-refractivity contribution >= 4 is 28.9 Å². The van der Waals surface area contributed by atoms with Crippen LogP contribution in [0.5, 0.6) is 0 Å². The number of nitrogens with zero attached hydrogens (tertiary/aromatic N) is 1. The number of anilines is 1. The molecule has 0 aliphatic carbocycles. The van der Waals surface area contributed by atoms with E-state index in [9.17, 15) is 14.0 Å². The van der Waals surface area contributed by atoms with Gasteiger partial charge in [-0.25, -0.2) is 14.2 Å². The number of nitrogens with one attached hydrogen (secondary N) is 1. The van der Waals surface area contributed by atoms with E-state index >= 15 is 0 Å². The molecule has 0 bridgehead atoms. The molecule has 0 saturated carbocycles. The molecule has 2 N–H and O–H groups in total. The fraction of sp³-hybridized carbons (Fsp3) is 0.0833. The molecule has 0 radical (unpaired) electrons. The van der Waals surface area contributed by atoms with E-state index in [1.54, 1.807) is 12.4 Å². The van der Waals surface area contributed by atoms with E-state index in [-0.39, 0.29) is 5.69 Å². The third-order valence-electron chi connectivity index (χ3n) is 2.41. The summed E-state index contributed by atoms with van der Waals surface area (Å²) in [6.45, 7) is 1.69. The molecule has 2 aromatic rings. The predicted molar refractivity (Wildman–Crippen MR) is 68.2 cm³/mol. The van der Waals surface area contributed by atoms with Gasteiger partial charge in [0.05, 0.1) is 16.8 Å². The van der Waals surface area contributed by atoms with Gasteiger partial charge in [-0.15, -0.1) is 11.3 Å². The quantitative estimate of drug-likeness (QED) is 0.905. The smallest absolute Gasteiger partial charge is 0.338 e. The third kappa shape index (κ3) is 2.76. The molecule has 0 atom stereocenters. The van der Waals surface area contributed by atoms with Crippen LogP contribution in [0.25, 0.3) is 0 Å². The highest BCUT2D eigenvalue weighted by molar-refractivity contribution is 7.12. The van der Waals surface area contributed by atoms with Gasteiger partial charge >= 0.3 is 5.97 Å². The monoisotopic (exact) mass is 280 g/mol. The van der Waals surface area contributed by atoms with E-state index in [0.29, 0.717) is 10.6 Å². The van der Waals surface area contributed by atoms with Gasteiger partial charge in [0.15, 0.2) is 0 Å². The molecule has 1 heterocycles. The van der Waals surface area contributed by atoms with Crippen LogP contribution in [0.4, 0.5) is 10.1 Å². The van der Waals surface area contributed by atoms with E-state index in [1.165, 1.54) is 17.4 Å². The van der Waals surface area contributed by atoms with Crippen molar-refractivity contribution in [3.05, 3.63) is 45.7 Å². The summed E-state index contributed by atoms with van der Waals surface area (Å²) in [7, 11) is 0. The first-order valence-electron chi connectivity index (χ1n) is 5.23. The summed E-state index contributed by atoms with van der Waals surface area (Å²) in [6, 6.07) is 3.41. The lowest BCUT2D eigenvalue weighted by Gasteiger charge is -2.05. The molecule has 1 amide bonds. The number of amides is 1. The van der Waals surface area contributed by atoms with Crippen molar-refractivity contribution in [2.45, 2.75) is 6.92 Å². The summed E-state index contributed by atoms with van der Waals surface area (Å²) in [5, 5.41) is 11.2. The van der Waals surface area contributed by atoms with Gasteiger partial charge in [0.1, 0.15) is 10.7 Å². The first-order chi connectivity index (χ1) is 8.99. The average molecular weight is 280 g/mol. The van der Waals surface area contributed by atoms with Crippen LogP contribution in [-0.4, -0.2) is 22.0 Å². The molecule has 1 aromatic carbocycles. The lowest BCUT2D eigenvalue weighted by atomic mass is 10.2. The number of hydrogen-bond donors (Lipinski definition) is 2. The lowest BCUT2D eigenvalue weighted by molar-refractivity contribution is 0.0692. The third-order valence-corrected chi connectivity index (χ3v) is 3.34. The zero-order chi connectivity index (χ0) is 14.0. The number of carbonyl (C=O) groups excluding carboxylic acids is 1. The second kappa shape index (κ2) is 5.15. The molecule has 5 nitrogen and oxygen atoms in total. The maximum atomic E-state index is 13.4. The van der Waals surface area contributed by atoms with Crippen LogP contribution >= 0.6 is 11.3 Å². The summed E-state index contributed by atoms with van der Waals surface area (Å²) in [6.07, 6.45) is 0. The molecule has 0 aliphatic heterocycles. The minimum absolute atomic E-state index is 0.195. The number of halogens is 1. The Hall–Kier alpha value is -2.28. The molecule has 0 saturated heterocycles. The van der Waals surface area contributed by atoms with Crippen molar-refractivity contribution in [1.82, 2.24) is 4.98 Å². The van der Waals surface area contributed by atoms with Crippen molar-refractivity contribution in [1.29, 1.82) is 0 Å². The summed E-state index contributed by atoms with van der Waals surface area (Å²) >= 11 is 1.18. The molecule has 98 valence electrons. The average Bonchev–Trinajstić information content (AvgIpc) is 2.75. The number of aromatic carboxylic acids is 1. The molecule has 0 fully saturated rings. The highest BCUT2D eigenvalue weighted by Crippen LogP contribution is 2.18. The van der Waals surface area contributed by atoms with Gasteiger partial charge in [0.2, 0.25) is 0 Å². The van der Waals surface area contributed by atoms with Gasteiger partial charge in [-0.1, -0.05) is 0 Å². The van der Waals surface area contributed by atoms with Gasteiger partial charge in [0.25, 0.3) is 5.91 Å². The van der Waals surface area contributed by atoms with Crippen LogP contribution in [0, 0.1) is 12.7 Å². The Bertz CT molecular complexity index is 654. The molecule has 0 spiro atoms. The Balaban J connectivity index is 2.21. The number of hydrogen-bond acceptors (Lipinski definition) is 4. The number of carbonyl (C=O) groups is 2. The zero-order valence-electron chi connectivity index (χ0n) is 9.81. The minimum atomic E-state index is -1.35. The second-order valence-corrected chi connectivity index (χ2v) is 4.58. The van der Waals surface area contributed by atoms with E-state index < -0.39 is 23.3 Å². The minimum Gasteiger partial charge on any atom is -0.478 e. The summed E-state index contributed by atoms with van der Waals surface area (Å²) in [4.78, 5) is 26.9. The van der Waals surface area contributed by atoms with E-state index in [2.05, 4.69) is 10.3 Å². The Morgan fingerprint density at radius 1 is 1.42 bits per heavy atom. The number of benzene rings is 1. The standard InChI is InChI=1S/C12H9FN2O3S/c1-6-10(19-5-14-6)11(16)15-7-2-3-8(12(17)18)9(13)4-7/h2-5H,1H3,(H,15,16)(H,17,18). The van der Waals surface area contributed by atoms with Crippen LogP contribution in [0.15, 0.2) is 23.7 Å². The number of aromatic nitrogens is 1. The van der Waals surface area contributed by atoms with Crippen LogP contribution < -0.4 is 5.32 Å². The largest absolute Gasteiger partial charge is 0.478 e. The molecule has 2 rings (SSSR count). The molecule has 19 heavy (non-hydrogen) atoms. The predicted octanol–water partition coefficient (Wildman–Crippen LogP) is 2.54. The number of aryl methyl sites for hydroxylation is 1. The van der Waals surface area contributed by atoms with Crippen LogP contribution in [-0.2, 0) is 0 Å². The van der Waals surface area contributed by atoms with Gasteiger partial charge < -0.3 is 10.4 Å². The number of rotatable bonds is 3. The van der Waals surface area contributed by atoms with Crippen molar-refractivity contribution in [2.24, 2.45) is 0 Å². The Morgan fingerprint density at radius 3 is 2.68 bits per heavy atom. The van der Waals surface area contributed by atoms with Crippen molar-refractivity contribution in [3.8, 4) is 0 Å². The topological polar surface area (TPSA) is 79.3 Å². The van der Waals surface area contributed by atoms with Crippen LogP contribution in [0.2, 0.25) is 0 Å². The first-order valence-corrected chi connectivity index (χ1v) is 6.11. The van der Waals surface area contributed by atoms with Crippen LogP contribution in [0.1, 0.15) is 25.7 Å². The normalized spacial score (nSPS) is 10.2. The Labute approximate surface area is 111 Å². The fourth-order valence-electron chi connectivity index (χ4n) is 1.47. The van der Waals surface area contributed by atoms with Gasteiger partial charge in [-0.2, -0.15) is 0 Å². The van der Waals surface area contributed by atoms with Gasteiger partial charge in [0, 0.05) is 5.69 Å². The first kappa shape index (κ1) is 13.2. The second-order valence-electron chi connectivity index (χ2n) is 3.72. The Morgan fingerprint density at radius 2 is 2.16 bits per heavy atom. The van der Waals surface area contributed by atoms with E-state index in [4.69, 9.17) is 5.11 Å². The van der Waals surface area contributed by atoms with Crippen molar-refractivity contribution in [3.63, 3.8) is 0 Å². The van der Waals surface area contributed by atoms with E-state index in [0.717, 1.165) is 12.1 Å². The molecular weight excluding hydrogens is 271 g/mol. The van der Waals surface area contributed by atoms with Crippen molar-refractivity contribution in [2.75, 3.05) is 5.32 Å². The summed E-state index contributed by atoms with van der Waals surface area (Å²) < 4.78 is 13.4. The maximum Gasteiger partial charge on any atom is 0.338 e. The number of thiazole rings is 1. The van der Waals surface area contributed by atoms with E-state index in [1.807, 2.05) is 0 Å². The summed E-state index contributed by atoms with van der Waals surface area (Å²) in [5.74, 6) is -2.65. The molecule has 1 aromatic heterocycles. The molecule has 0 unspecified atom stereocenters. The highest BCUT2D eigenvalue weighted by atomic mass is 32.1. The SMILES string of the molecule is Cc1ncsc1C(=O)Nc1ccc(C(=O)O)c(F)c1. The maximum absolute atomic E-state index is 13.4. The van der Waals surface area contributed by atoms with Crippen LogP contribution in [0.3, 0.4) is 0 Å². The van der Waals surface area contributed by atoms with Crippen molar-refractivity contribution < 1.29 is 19.1 Å². The highest BCUT2D eigenvalue weighted by Gasteiger charge is 2.14.